The topological polar surface area (TPSA) is 56.9 Å². The van der Waals surface area contributed by atoms with Crippen LogP contribution >= 0.6 is 0 Å². The van der Waals surface area contributed by atoms with Gasteiger partial charge in [-0.25, -0.2) is 9.37 Å². The zero-order valence-electron chi connectivity index (χ0n) is 12.5. The van der Waals surface area contributed by atoms with E-state index in [1.165, 1.54) is 6.07 Å². The highest BCUT2D eigenvalue weighted by Gasteiger charge is 2.23. The summed E-state index contributed by atoms with van der Waals surface area (Å²) in [6, 6.07) is 8.44. The van der Waals surface area contributed by atoms with E-state index in [1.807, 2.05) is 26.8 Å². The Hall–Kier alpha value is -2.41. The normalized spacial score (nSPS) is 11.2. The molecule has 0 aliphatic heterocycles. The fraction of sp³-hybridized carbons (Fsp3) is 0.294. The third-order valence-corrected chi connectivity index (χ3v) is 3.37. The second-order valence-electron chi connectivity index (χ2n) is 6.08. The van der Waals surface area contributed by atoms with Gasteiger partial charge in [-0.15, -0.1) is 0 Å². The zero-order valence-corrected chi connectivity index (χ0v) is 12.5. The van der Waals surface area contributed by atoms with Crippen molar-refractivity contribution in [1.82, 2.24) is 4.98 Å². The van der Waals surface area contributed by atoms with Crippen LogP contribution in [0.4, 0.5) is 4.39 Å². The Bertz CT molecular complexity index is 740. The van der Waals surface area contributed by atoms with Crippen LogP contribution in [-0.2, 0) is 5.41 Å². The number of rotatable bonds is 1. The van der Waals surface area contributed by atoms with Gasteiger partial charge in [0.25, 0.3) is 0 Å². The summed E-state index contributed by atoms with van der Waals surface area (Å²) in [7, 11) is 0. The molecule has 0 aliphatic carbocycles. The molecule has 0 saturated carbocycles. The maximum atomic E-state index is 13.4. The Morgan fingerprint density at radius 1 is 1.24 bits per heavy atom. The maximum Gasteiger partial charge on any atom is 0.230 e. The number of aromatic nitrogens is 1. The van der Waals surface area contributed by atoms with Gasteiger partial charge in [-0.3, -0.25) is 0 Å². The van der Waals surface area contributed by atoms with Gasteiger partial charge in [-0.1, -0.05) is 20.8 Å². The van der Waals surface area contributed by atoms with Gasteiger partial charge < -0.3 is 5.11 Å². The summed E-state index contributed by atoms with van der Waals surface area (Å²) in [6.45, 7) is 7.56. The molecule has 2 rings (SSSR count). The molecular formula is C17H17FN2O. The molecule has 108 valence electrons. The monoisotopic (exact) mass is 284 g/mol. The van der Waals surface area contributed by atoms with Crippen LogP contribution in [0.15, 0.2) is 24.3 Å². The molecule has 0 spiro atoms. The lowest BCUT2D eigenvalue weighted by Crippen LogP contribution is -2.14. The number of nitrogens with zero attached hydrogens (tertiary/aromatic N) is 2. The Labute approximate surface area is 123 Å². The predicted molar refractivity (Wildman–Crippen MR) is 79.4 cm³/mol. The molecule has 4 heteroatoms. The third-order valence-electron chi connectivity index (χ3n) is 3.37. The van der Waals surface area contributed by atoms with Crippen molar-refractivity contribution < 1.29 is 9.50 Å². The molecule has 0 unspecified atom stereocenters. The van der Waals surface area contributed by atoms with E-state index in [9.17, 15) is 14.8 Å². The van der Waals surface area contributed by atoms with E-state index in [0.29, 0.717) is 16.8 Å². The molecule has 0 bridgehead atoms. The van der Waals surface area contributed by atoms with Crippen LogP contribution in [0.25, 0.3) is 11.3 Å². The highest BCUT2D eigenvalue weighted by molar-refractivity contribution is 5.65. The first kappa shape index (κ1) is 15.0. The number of hydrogen-bond acceptors (Lipinski definition) is 3. The Morgan fingerprint density at radius 3 is 2.43 bits per heavy atom. The molecule has 1 heterocycles. The van der Waals surface area contributed by atoms with Crippen LogP contribution in [0.1, 0.15) is 37.5 Å². The van der Waals surface area contributed by atoms with Gasteiger partial charge in [0.15, 0.2) is 0 Å². The fourth-order valence-corrected chi connectivity index (χ4v) is 2.19. The van der Waals surface area contributed by atoms with Gasteiger partial charge >= 0.3 is 0 Å². The minimum Gasteiger partial charge on any atom is -0.492 e. The molecular weight excluding hydrogens is 267 g/mol. The van der Waals surface area contributed by atoms with Gasteiger partial charge in [0.1, 0.15) is 17.4 Å². The Kier molecular flexibility index (Phi) is 3.69. The van der Waals surface area contributed by atoms with E-state index in [2.05, 4.69) is 4.98 Å². The van der Waals surface area contributed by atoms with Crippen molar-refractivity contribution in [3.05, 3.63) is 46.8 Å². The van der Waals surface area contributed by atoms with E-state index in [-0.39, 0.29) is 22.7 Å². The van der Waals surface area contributed by atoms with Crippen molar-refractivity contribution in [3.8, 4) is 23.2 Å². The molecule has 2 aromatic rings. The first-order chi connectivity index (χ1) is 9.74. The molecule has 0 amide bonds. The predicted octanol–water partition coefficient (Wildman–Crippen LogP) is 4.07. The number of aromatic hydroxyl groups is 1. The molecule has 1 aromatic carbocycles. The van der Waals surface area contributed by atoms with Crippen LogP contribution < -0.4 is 0 Å². The van der Waals surface area contributed by atoms with Gasteiger partial charge in [0, 0.05) is 5.56 Å². The average molecular weight is 284 g/mol. The summed E-state index contributed by atoms with van der Waals surface area (Å²) >= 11 is 0. The van der Waals surface area contributed by atoms with Crippen molar-refractivity contribution in [2.24, 2.45) is 0 Å². The van der Waals surface area contributed by atoms with Crippen LogP contribution in [0.3, 0.4) is 0 Å². The summed E-state index contributed by atoms with van der Waals surface area (Å²) in [5.74, 6) is -0.574. The largest absolute Gasteiger partial charge is 0.492 e. The summed E-state index contributed by atoms with van der Waals surface area (Å²) < 4.78 is 13.4. The van der Waals surface area contributed by atoms with Gasteiger partial charge in [0.2, 0.25) is 5.88 Å². The molecule has 1 N–H and O–H groups in total. The molecule has 0 saturated heterocycles. The lowest BCUT2D eigenvalue weighted by atomic mass is 9.83. The minimum absolute atomic E-state index is 0.185. The quantitative estimate of drug-likeness (QED) is 0.858. The average Bonchev–Trinajstić information content (AvgIpc) is 2.40. The van der Waals surface area contributed by atoms with Crippen molar-refractivity contribution in [3.63, 3.8) is 0 Å². The van der Waals surface area contributed by atoms with E-state index in [4.69, 9.17) is 0 Å². The molecule has 0 radical (unpaired) electrons. The van der Waals surface area contributed by atoms with Crippen LogP contribution in [0.2, 0.25) is 0 Å². The van der Waals surface area contributed by atoms with Crippen molar-refractivity contribution in [2.75, 3.05) is 0 Å². The molecule has 0 aliphatic rings. The summed E-state index contributed by atoms with van der Waals surface area (Å²) in [5, 5.41) is 19.2. The number of nitriles is 1. The summed E-state index contributed by atoms with van der Waals surface area (Å²) in [6.07, 6.45) is 0. The number of halogens is 1. The number of pyridine rings is 1. The summed E-state index contributed by atoms with van der Waals surface area (Å²) in [4.78, 5) is 4.07. The SMILES string of the molecule is Cc1cc(-c2cc(C(C)(C)C)c(C#N)c(O)n2)ccc1F. The van der Waals surface area contributed by atoms with Gasteiger partial charge in [-0.2, -0.15) is 5.26 Å². The second-order valence-corrected chi connectivity index (χ2v) is 6.08. The number of aryl methyl sites for hydroxylation is 1. The molecule has 0 atom stereocenters. The molecule has 21 heavy (non-hydrogen) atoms. The van der Waals surface area contributed by atoms with Gasteiger partial charge in [0.05, 0.1) is 5.69 Å². The number of benzene rings is 1. The first-order valence-electron chi connectivity index (χ1n) is 6.65. The van der Waals surface area contributed by atoms with E-state index in [0.717, 1.165) is 5.56 Å². The fourth-order valence-electron chi connectivity index (χ4n) is 2.19. The minimum atomic E-state index is -0.310. The second kappa shape index (κ2) is 5.17. The van der Waals surface area contributed by atoms with Crippen molar-refractivity contribution >= 4 is 0 Å². The summed E-state index contributed by atoms with van der Waals surface area (Å²) in [5.41, 5.74) is 2.34. The Morgan fingerprint density at radius 2 is 1.90 bits per heavy atom. The highest BCUT2D eigenvalue weighted by atomic mass is 19.1. The van der Waals surface area contributed by atoms with E-state index in [1.54, 1.807) is 25.1 Å². The lowest BCUT2D eigenvalue weighted by Gasteiger charge is -2.21. The lowest BCUT2D eigenvalue weighted by molar-refractivity contribution is 0.447. The van der Waals surface area contributed by atoms with Crippen molar-refractivity contribution in [1.29, 1.82) is 5.26 Å². The number of hydrogen-bond donors (Lipinski definition) is 1. The van der Waals surface area contributed by atoms with Crippen molar-refractivity contribution in [2.45, 2.75) is 33.1 Å². The van der Waals surface area contributed by atoms with Crippen LogP contribution in [0, 0.1) is 24.1 Å². The first-order valence-corrected chi connectivity index (χ1v) is 6.65. The van der Waals surface area contributed by atoms with E-state index < -0.39 is 0 Å². The molecule has 3 nitrogen and oxygen atoms in total. The maximum absolute atomic E-state index is 13.4. The van der Waals surface area contributed by atoms with Crippen LogP contribution in [-0.4, -0.2) is 10.1 Å². The van der Waals surface area contributed by atoms with E-state index >= 15 is 0 Å². The molecule has 0 fully saturated rings. The molecule has 1 aromatic heterocycles. The highest BCUT2D eigenvalue weighted by Crippen LogP contribution is 2.33. The van der Waals surface area contributed by atoms with Gasteiger partial charge in [-0.05, 0) is 47.7 Å². The zero-order chi connectivity index (χ0) is 15.8. The standard InChI is InChI=1S/C17H17FN2O/c1-10-7-11(5-6-14(10)18)15-8-13(17(2,3)4)12(9-19)16(21)20-15/h5-8H,1-4H3,(H,20,21). The Balaban J connectivity index is 2.69. The smallest absolute Gasteiger partial charge is 0.230 e. The third kappa shape index (κ3) is 2.87. The van der Waals surface area contributed by atoms with Crippen LogP contribution in [0.5, 0.6) is 5.88 Å².